The lowest BCUT2D eigenvalue weighted by molar-refractivity contribution is -0.150. The average molecular weight is 411 g/mol. The van der Waals surface area contributed by atoms with E-state index in [-0.39, 0.29) is 41.9 Å². The lowest BCUT2D eigenvalue weighted by Crippen LogP contribution is -2.57. The van der Waals surface area contributed by atoms with Gasteiger partial charge in [0, 0.05) is 18.1 Å². The van der Waals surface area contributed by atoms with E-state index in [0.717, 1.165) is 0 Å². The van der Waals surface area contributed by atoms with Crippen LogP contribution in [0.4, 0.5) is 8.78 Å². The molecule has 2 fully saturated rings. The molecule has 6 nitrogen and oxygen atoms in total. The van der Waals surface area contributed by atoms with Gasteiger partial charge in [0.2, 0.25) is 5.91 Å². The van der Waals surface area contributed by atoms with Gasteiger partial charge in [-0.25, -0.2) is 8.78 Å². The highest BCUT2D eigenvalue weighted by molar-refractivity contribution is 6.31. The fourth-order valence-electron chi connectivity index (χ4n) is 3.24. The molecule has 2 aliphatic heterocycles. The van der Waals surface area contributed by atoms with Crippen molar-refractivity contribution in [3.8, 4) is 0 Å². The molecule has 3 aliphatic rings. The molecule has 2 amide bonds. The van der Waals surface area contributed by atoms with Gasteiger partial charge in [0.05, 0.1) is 24.3 Å². The van der Waals surface area contributed by atoms with E-state index in [2.05, 4.69) is 5.32 Å². The predicted molar refractivity (Wildman–Crippen MR) is 95.2 cm³/mol. The van der Waals surface area contributed by atoms with Crippen LogP contribution in [-0.4, -0.2) is 48.7 Å². The molecule has 1 aromatic rings. The molecule has 4 rings (SSSR count). The van der Waals surface area contributed by atoms with E-state index in [1.54, 1.807) is 6.07 Å². The molecule has 2 heterocycles. The Bertz CT molecular complexity index is 883. The normalized spacial score (nSPS) is 24.4. The van der Waals surface area contributed by atoms with Crippen LogP contribution in [0, 0.1) is 11.7 Å². The van der Waals surface area contributed by atoms with Crippen LogP contribution in [0.3, 0.4) is 0 Å². The van der Waals surface area contributed by atoms with E-state index in [1.807, 2.05) is 0 Å². The number of nitrogens with one attached hydrogen (secondary N) is 1. The minimum Gasteiger partial charge on any atom is -0.482 e. The van der Waals surface area contributed by atoms with Crippen LogP contribution in [-0.2, 0) is 25.7 Å². The molecule has 0 spiro atoms. The second kappa shape index (κ2) is 7.52. The third-order valence-corrected chi connectivity index (χ3v) is 5.18. The molecule has 2 saturated heterocycles. The summed E-state index contributed by atoms with van der Waals surface area (Å²) in [5.74, 6) is -1.92. The number of halogens is 3. The maximum absolute atomic E-state index is 14.4. The first kappa shape index (κ1) is 18.9. The molecule has 2 unspecified atom stereocenters. The third-order valence-electron chi connectivity index (χ3n) is 4.83. The molecule has 2 atom stereocenters. The quantitative estimate of drug-likeness (QED) is 0.825. The molecule has 0 saturated carbocycles. The second-order valence-corrected chi connectivity index (χ2v) is 7.24. The van der Waals surface area contributed by atoms with Crippen LogP contribution in [0.15, 0.2) is 41.8 Å². The zero-order chi connectivity index (χ0) is 19.8. The summed E-state index contributed by atoms with van der Waals surface area (Å²) in [6.07, 6.45) is 0.871. The number of hydrogen-bond acceptors (Lipinski definition) is 4. The van der Waals surface area contributed by atoms with Gasteiger partial charge in [0.15, 0.2) is 6.61 Å². The van der Waals surface area contributed by atoms with Crippen molar-refractivity contribution in [2.75, 3.05) is 19.7 Å². The number of amides is 2. The zero-order valence-electron chi connectivity index (χ0n) is 14.7. The van der Waals surface area contributed by atoms with Gasteiger partial charge in [-0.1, -0.05) is 17.7 Å². The van der Waals surface area contributed by atoms with Crippen molar-refractivity contribution < 1.29 is 27.8 Å². The zero-order valence-corrected chi connectivity index (χ0v) is 15.4. The van der Waals surface area contributed by atoms with Gasteiger partial charge in [-0.2, -0.15) is 0 Å². The van der Waals surface area contributed by atoms with Crippen molar-refractivity contribution in [1.29, 1.82) is 0 Å². The summed E-state index contributed by atoms with van der Waals surface area (Å²) < 4.78 is 38.3. The van der Waals surface area contributed by atoms with E-state index >= 15 is 0 Å². The van der Waals surface area contributed by atoms with Crippen LogP contribution >= 0.6 is 11.6 Å². The number of rotatable bonds is 4. The van der Waals surface area contributed by atoms with Crippen LogP contribution in [0.25, 0.3) is 0 Å². The summed E-state index contributed by atoms with van der Waals surface area (Å²) in [7, 11) is 0. The predicted octanol–water partition coefficient (Wildman–Crippen LogP) is 2.09. The van der Waals surface area contributed by atoms with Crippen molar-refractivity contribution in [2.24, 2.45) is 5.92 Å². The van der Waals surface area contributed by atoms with Crippen LogP contribution < -0.4 is 5.32 Å². The van der Waals surface area contributed by atoms with E-state index in [4.69, 9.17) is 21.1 Å². The molecule has 148 valence electrons. The number of benzene rings is 1. The summed E-state index contributed by atoms with van der Waals surface area (Å²) in [5, 5.41) is 2.86. The SMILES string of the molecule is O=C1COC2=CC(F)C(C(=O)N3CC(OCc4ccc(F)cc4Cl)C3)C=C2N1. The Morgan fingerprint density at radius 3 is 2.89 bits per heavy atom. The van der Waals surface area contributed by atoms with Gasteiger partial charge < -0.3 is 19.7 Å². The number of ether oxygens (including phenoxy) is 2. The minimum absolute atomic E-state index is 0.169. The summed E-state index contributed by atoms with van der Waals surface area (Å²) in [5.41, 5.74) is 0.974. The highest BCUT2D eigenvalue weighted by Gasteiger charge is 2.40. The number of carbonyl (C=O) groups is 2. The van der Waals surface area contributed by atoms with Crippen LogP contribution in [0.1, 0.15) is 5.56 Å². The third kappa shape index (κ3) is 3.74. The number of morpholine rings is 1. The maximum Gasteiger partial charge on any atom is 0.262 e. The number of nitrogens with zero attached hydrogens (tertiary/aromatic N) is 1. The standard InChI is InChI=1S/C19H17ClF2N2O4/c20-14-3-11(21)2-1-10(14)8-27-12-6-24(7-12)19(26)13-4-16-17(5-15(13)22)28-9-18(25)23-16/h1-5,12-13,15H,6-9H2,(H,23,25). The fraction of sp³-hybridized carbons (Fsp3) is 0.368. The van der Waals surface area contributed by atoms with Gasteiger partial charge in [-0.3, -0.25) is 9.59 Å². The van der Waals surface area contributed by atoms with Crippen molar-refractivity contribution in [2.45, 2.75) is 18.9 Å². The molecule has 28 heavy (non-hydrogen) atoms. The van der Waals surface area contributed by atoms with E-state index in [0.29, 0.717) is 24.4 Å². The monoisotopic (exact) mass is 410 g/mol. The Hall–Kier alpha value is -2.45. The van der Waals surface area contributed by atoms with Crippen molar-refractivity contribution in [1.82, 2.24) is 10.2 Å². The Morgan fingerprint density at radius 2 is 2.14 bits per heavy atom. The number of likely N-dealkylation sites (tertiary alicyclic amines) is 1. The molecule has 0 bridgehead atoms. The molecular weight excluding hydrogens is 394 g/mol. The first-order valence-corrected chi connectivity index (χ1v) is 9.13. The number of alkyl halides is 1. The van der Waals surface area contributed by atoms with E-state index in [9.17, 15) is 18.4 Å². The first-order valence-electron chi connectivity index (χ1n) is 8.76. The number of fused-ring (bicyclic) bond motifs is 1. The highest BCUT2D eigenvalue weighted by Crippen LogP contribution is 2.30. The Balaban J connectivity index is 1.31. The van der Waals surface area contributed by atoms with E-state index < -0.39 is 17.9 Å². The molecule has 0 aromatic heterocycles. The maximum atomic E-state index is 14.4. The average Bonchev–Trinajstić information content (AvgIpc) is 2.61. The molecule has 9 heteroatoms. The minimum atomic E-state index is -1.53. The molecule has 1 aromatic carbocycles. The Morgan fingerprint density at radius 1 is 1.36 bits per heavy atom. The Kier molecular flexibility index (Phi) is 5.07. The lowest BCUT2D eigenvalue weighted by Gasteiger charge is -2.41. The number of allylic oxidation sites excluding steroid dienone is 1. The molecule has 1 N–H and O–H groups in total. The number of carbonyl (C=O) groups excluding carboxylic acids is 2. The van der Waals surface area contributed by atoms with Gasteiger partial charge >= 0.3 is 0 Å². The molecular formula is C19H17ClF2N2O4. The summed E-state index contributed by atoms with van der Waals surface area (Å²) in [6.45, 7) is 0.672. The Labute approximate surface area is 164 Å². The summed E-state index contributed by atoms with van der Waals surface area (Å²) in [4.78, 5) is 25.5. The summed E-state index contributed by atoms with van der Waals surface area (Å²) >= 11 is 5.96. The first-order chi connectivity index (χ1) is 13.4. The van der Waals surface area contributed by atoms with Crippen molar-refractivity contribution >= 4 is 23.4 Å². The number of hydrogen-bond donors (Lipinski definition) is 1. The van der Waals surface area contributed by atoms with Crippen molar-refractivity contribution in [3.63, 3.8) is 0 Å². The summed E-state index contributed by atoms with van der Waals surface area (Å²) in [6, 6.07) is 4.06. The smallest absolute Gasteiger partial charge is 0.262 e. The van der Waals surface area contributed by atoms with Gasteiger partial charge in [-0.15, -0.1) is 0 Å². The molecule has 1 aliphatic carbocycles. The van der Waals surface area contributed by atoms with Crippen LogP contribution in [0.5, 0.6) is 0 Å². The fourth-order valence-corrected chi connectivity index (χ4v) is 3.46. The van der Waals surface area contributed by atoms with Gasteiger partial charge in [0.1, 0.15) is 17.7 Å². The van der Waals surface area contributed by atoms with Crippen LogP contribution in [0.2, 0.25) is 5.02 Å². The highest BCUT2D eigenvalue weighted by atomic mass is 35.5. The molecule has 0 radical (unpaired) electrons. The second-order valence-electron chi connectivity index (χ2n) is 6.83. The van der Waals surface area contributed by atoms with Crippen molar-refractivity contribution in [3.05, 3.63) is 58.2 Å². The van der Waals surface area contributed by atoms with Gasteiger partial charge in [0.25, 0.3) is 5.91 Å². The van der Waals surface area contributed by atoms with E-state index in [1.165, 1.54) is 29.2 Å². The van der Waals surface area contributed by atoms with Gasteiger partial charge in [-0.05, 0) is 29.8 Å². The lowest BCUT2D eigenvalue weighted by atomic mass is 9.92. The topological polar surface area (TPSA) is 67.9 Å². The largest absolute Gasteiger partial charge is 0.482 e.